The summed E-state index contributed by atoms with van der Waals surface area (Å²) in [6.45, 7) is 6.77. The SMILES string of the molecule is CC(C)N(CCCO)CCCCCl. The average molecular weight is 208 g/mol. The molecule has 0 spiro atoms. The second-order valence-corrected chi connectivity index (χ2v) is 3.98. The molecular weight excluding hydrogens is 186 g/mol. The van der Waals surface area contributed by atoms with Crippen molar-refractivity contribution in [2.24, 2.45) is 0 Å². The van der Waals surface area contributed by atoms with Gasteiger partial charge < -0.3 is 10.0 Å². The number of aliphatic hydroxyl groups excluding tert-OH is 1. The number of alkyl halides is 1. The molecule has 0 aliphatic heterocycles. The van der Waals surface area contributed by atoms with Crippen LogP contribution in [-0.4, -0.2) is 41.6 Å². The molecule has 2 nitrogen and oxygen atoms in total. The number of halogens is 1. The van der Waals surface area contributed by atoms with Gasteiger partial charge in [0, 0.05) is 25.1 Å². The van der Waals surface area contributed by atoms with E-state index >= 15 is 0 Å². The van der Waals surface area contributed by atoms with Crippen LogP contribution in [0.3, 0.4) is 0 Å². The summed E-state index contributed by atoms with van der Waals surface area (Å²) >= 11 is 5.61. The summed E-state index contributed by atoms with van der Waals surface area (Å²) in [4.78, 5) is 2.39. The molecule has 0 aromatic carbocycles. The Kier molecular flexibility index (Phi) is 8.93. The third kappa shape index (κ3) is 7.29. The Morgan fingerprint density at radius 2 is 1.77 bits per heavy atom. The third-order valence-corrected chi connectivity index (χ3v) is 2.43. The topological polar surface area (TPSA) is 23.5 Å². The van der Waals surface area contributed by atoms with E-state index in [1.54, 1.807) is 0 Å². The molecule has 0 radical (unpaired) electrons. The molecule has 0 aliphatic rings. The van der Waals surface area contributed by atoms with Crippen LogP contribution < -0.4 is 0 Å². The molecule has 0 saturated carbocycles. The zero-order valence-electron chi connectivity index (χ0n) is 8.80. The monoisotopic (exact) mass is 207 g/mol. The molecule has 0 rings (SSSR count). The first kappa shape index (κ1) is 13.2. The molecule has 0 atom stereocenters. The van der Waals surface area contributed by atoms with Crippen molar-refractivity contribution < 1.29 is 5.11 Å². The van der Waals surface area contributed by atoms with Crippen LogP contribution in [0.4, 0.5) is 0 Å². The van der Waals surface area contributed by atoms with Crippen LogP contribution in [-0.2, 0) is 0 Å². The van der Waals surface area contributed by atoms with Crippen molar-refractivity contribution in [1.82, 2.24) is 4.90 Å². The van der Waals surface area contributed by atoms with Crippen molar-refractivity contribution in [3.8, 4) is 0 Å². The lowest BCUT2D eigenvalue weighted by molar-refractivity contribution is 0.190. The summed E-state index contributed by atoms with van der Waals surface area (Å²) in [6, 6.07) is 0.571. The van der Waals surface area contributed by atoms with Gasteiger partial charge in [-0.25, -0.2) is 0 Å². The predicted octanol–water partition coefficient (Wildman–Crippen LogP) is 2.10. The van der Waals surface area contributed by atoms with Crippen LogP contribution in [0.25, 0.3) is 0 Å². The van der Waals surface area contributed by atoms with Gasteiger partial charge in [0.1, 0.15) is 0 Å². The van der Waals surface area contributed by atoms with Crippen LogP contribution in [0, 0.1) is 0 Å². The lowest BCUT2D eigenvalue weighted by Gasteiger charge is -2.25. The number of rotatable bonds is 8. The van der Waals surface area contributed by atoms with Gasteiger partial charge in [0.25, 0.3) is 0 Å². The van der Waals surface area contributed by atoms with E-state index in [-0.39, 0.29) is 0 Å². The van der Waals surface area contributed by atoms with Gasteiger partial charge >= 0.3 is 0 Å². The molecule has 13 heavy (non-hydrogen) atoms. The quantitative estimate of drug-likeness (QED) is 0.487. The van der Waals surface area contributed by atoms with Crippen molar-refractivity contribution in [2.75, 3.05) is 25.6 Å². The first-order valence-corrected chi connectivity index (χ1v) is 5.66. The molecule has 80 valence electrons. The van der Waals surface area contributed by atoms with Crippen molar-refractivity contribution in [1.29, 1.82) is 0 Å². The van der Waals surface area contributed by atoms with Crippen molar-refractivity contribution in [3.63, 3.8) is 0 Å². The highest BCUT2D eigenvalue weighted by Gasteiger charge is 2.07. The number of unbranched alkanes of at least 4 members (excludes halogenated alkanes) is 1. The van der Waals surface area contributed by atoms with Gasteiger partial charge in [-0.3, -0.25) is 0 Å². The number of aliphatic hydroxyl groups is 1. The summed E-state index contributed by atoms with van der Waals surface area (Å²) in [5, 5.41) is 8.72. The minimum atomic E-state index is 0.290. The molecule has 3 heteroatoms. The van der Waals surface area contributed by atoms with Gasteiger partial charge in [-0.15, -0.1) is 11.6 Å². The van der Waals surface area contributed by atoms with E-state index in [0.717, 1.165) is 38.2 Å². The first-order chi connectivity index (χ1) is 6.22. The maximum Gasteiger partial charge on any atom is 0.0443 e. The average Bonchev–Trinajstić information content (AvgIpc) is 2.10. The summed E-state index contributed by atoms with van der Waals surface area (Å²) in [5.41, 5.74) is 0. The molecular formula is C10H22ClNO. The van der Waals surface area contributed by atoms with E-state index in [2.05, 4.69) is 18.7 Å². The van der Waals surface area contributed by atoms with Crippen molar-refractivity contribution in [2.45, 2.75) is 39.2 Å². The van der Waals surface area contributed by atoms with E-state index in [9.17, 15) is 0 Å². The highest BCUT2D eigenvalue weighted by Crippen LogP contribution is 2.03. The molecule has 1 N–H and O–H groups in total. The summed E-state index contributed by atoms with van der Waals surface area (Å²) < 4.78 is 0. The van der Waals surface area contributed by atoms with Crippen LogP contribution in [0.5, 0.6) is 0 Å². The molecule has 0 bridgehead atoms. The Labute approximate surface area is 86.9 Å². The van der Waals surface area contributed by atoms with E-state index < -0.39 is 0 Å². The Morgan fingerprint density at radius 1 is 1.15 bits per heavy atom. The predicted molar refractivity (Wildman–Crippen MR) is 58.4 cm³/mol. The number of hydrogen-bond donors (Lipinski definition) is 1. The van der Waals surface area contributed by atoms with Crippen molar-refractivity contribution >= 4 is 11.6 Å². The van der Waals surface area contributed by atoms with E-state index in [0.29, 0.717) is 12.6 Å². The Balaban J connectivity index is 3.54. The van der Waals surface area contributed by atoms with E-state index in [1.807, 2.05) is 0 Å². The van der Waals surface area contributed by atoms with Gasteiger partial charge in [-0.05, 0) is 39.7 Å². The highest BCUT2D eigenvalue weighted by atomic mass is 35.5. The third-order valence-electron chi connectivity index (χ3n) is 2.16. The normalized spacial score (nSPS) is 11.5. The minimum Gasteiger partial charge on any atom is -0.396 e. The van der Waals surface area contributed by atoms with Crippen LogP contribution in [0.1, 0.15) is 33.1 Å². The van der Waals surface area contributed by atoms with Crippen molar-refractivity contribution in [3.05, 3.63) is 0 Å². The molecule has 0 aromatic rings. The zero-order valence-corrected chi connectivity index (χ0v) is 9.56. The van der Waals surface area contributed by atoms with Crippen LogP contribution >= 0.6 is 11.6 Å². The standard InChI is InChI=1S/C10H22ClNO/c1-10(2)12(8-5-9-13)7-4-3-6-11/h10,13H,3-9H2,1-2H3. The lowest BCUT2D eigenvalue weighted by atomic mass is 10.2. The Morgan fingerprint density at radius 3 is 2.23 bits per heavy atom. The molecule has 0 unspecified atom stereocenters. The van der Waals surface area contributed by atoms with Gasteiger partial charge in [-0.1, -0.05) is 0 Å². The molecule has 0 amide bonds. The van der Waals surface area contributed by atoms with Gasteiger partial charge in [0.05, 0.1) is 0 Å². The maximum atomic E-state index is 8.72. The largest absolute Gasteiger partial charge is 0.396 e. The minimum absolute atomic E-state index is 0.290. The van der Waals surface area contributed by atoms with Gasteiger partial charge in [-0.2, -0.15) is 0 Å². The Hall–Kier alpha value is 0.210. The van der Waals surface area contributed by atoms with Crippen LogP contribution in [0.2, 0.25) is 0 Å². The molecule has 0 saturated heterocycles. The fraction of sp³-hybridized carbons (Fsp3) is 1.00. The fourth-order valence-electron chi connectivity index (χ4n) is 1.31. The molecule has 0 aliphatic carbocycles. The van der Waals surface area contributed by atoms with E-state index in [1.165, 1.54) is 0 Å². The van der Waals surface area contributed by atoms with Gasteiger partial charge in [0.15, 0.2) is 0 Å². The van der Waals surface area contributed by atoms with E-state index in [4.69, 9.17) is 16.7 Å². The second-order valence-electron chi connectivity index (χ2n) is 3.60. The second kappa shape index (κ2) is 8.79. The summed E-state index contributed by atoms with van der Waals surface area (Å²) in [7, 11) is 0. The number of hydrogen-bond acceptors (Lipinski definition) is 2. The highest BCUT2D eigenvalue weighted by molar-refractivity contribution is 6.17. The first-order valence-electron chi connectivity index (χ1n) is 5.13. The maximum absolute atomic E-state index is 8.72. The fourth-order valence-corrected chi connectivity index (χ4v) is 1.50. The smallest absolute Gasteiger partial charge is 0.0443 e. The molecule has 0 heterocycles. The lowest BCUT2D eigenvalue weighted by Crippen LogP contribution is -2.33. The van der Waals surface area contributed by atoms with Crippen LogP contribution in [0.15, 0.2) is 0 Å². The number of nitrogens with zero attached hydrogens (tertiary/aromatic N) is 1. The summed E-state index contributed by atoms with van der Waals surface area (Å²) in [5.74, 6) is 0.756. The zero-order chi connectivity index (χ0) is 10.1. The van der Waals surface area contributed by atoms with Gasteiger partial charge in [0.2, 0.25) is 0 Å². The molecule has 0 fully saturated rings. The Bertz CT molecular complexity index is 109. The summed E-state index contributed by atoms with van der Waals surface area (Å²) in [6.07, 6.45) is 3.12. The molecule has 0 aromatic heterocycles.